The van der Waals surface area contributed by atoms with Crippen LogP contribution >= 0.6 is 0 Å². The van der Waals surface area contributed by atoms with E-state index in [-0.39, 0.29) is 11.5 Å². The molecule has 2 rings (SSSR count). The normalized spacial score (nSPS) is 10.2. The lowest BCUT2D eigenvalue weighted by Crippen LogP contribution is -2.05. The molecule has 0 heterocycles. The van der Waals surface area contributed by atoms with Gasteiger partial charge in [0.05, 0.1) is 0 Å². The third kappa shape index (κ3) is 2.21. The maximum atomic E-state index is 12.3. The fourth-order valence-corrected chi connectivity index (χ4v) is 1.88. The van der Waals surface area contributed by atoms with Crippen molar-refractivity contribution in [3.63, 3.8) is 0 Å². The fraction of sp³-hybridized carbons (Fsp3) is 0.133. The molecule has 0 aliphatic carbocycles. The predicted molar refractivity (Wildman–Crippen MR) is 67.5 cm³/mol. The summed E-state index contributed by atoms with van der Waals surface area (Å²) in [7, 11) is 0. The molecule has 0 saturated heterocycles. The molecule has 0 unspecified atom stereocenters. The minimum Gasteiger partial charge on any atom is -0.508 e. The molecular weight excluding hydrogens is 212 g/mol. The van der Waals surface area contributed by atoms with E-state index in [1.165, 1.54) is 0 Å². The van der Waals surface area contributed by atoms with Gasteiger partial charge in [-0.15, -0.1) is 0 Å². The zero-order valence-electron chi connectivity index (χ0n) is 9.90. The number of rotatable bonds is 2. The van der Waals surface area contributed by atoms with Crippen LogP contribution < -0.4 is 0 Å². The number of hydrogen-bond acceptors (Lipinski definition) is 2. The summed E-state index contributed by atoms with van der Waals surface area (Å²) in [5.41, 5.74) is 3.10. The molecule has 2 aromatic rings. The Morgan fingerprint density at radius 2 is 1.59 bits per heavy atom. The minimum absolute atomic E-state index is 0.000556. The maximum absolute atomic E-state index is 12.3. The van der Waals surface area contributed by atoms with Crippen LogP contribution in [-0.2, 0) is 0 Å². The van der Waals surface area contributed by atoms with Crippen LogP contribution in [0.2, 0.25) is 0 Å². The first-order chi connectivity index (χ1) is 8.09. The summed E-state index contributed by atoms with van der Waals surface area (Å²) in [5.74, 6) is 0.185. The van der Waals surface area contributed by atoms with E-state index in [4.69, 9.17) is 0 Å². The van der Waals surface area contributed by atoms with Crippen LogP contribution in [0.4, 0.5) is 0 Å². The summed E-state index contributed by atoms with van der Waals surface area (Å²) >= 11 is 0. The highest BCUT2D eigenvalue weighted by Crippen LogP contribution is 2.20. The molecule has 0 amide bonds. The Morgan fingerprint density at radius 1 is 0.941 bits per heavy atom. The van der Waals surface area contributed by atoms with Gasteiger partial charge >= 0.3 is 0 Å². The molecule has 2 heteroatoms. The van der Waals surface area contributed by atoms with Gasteiger partial charge in [-0.25, -0.2) is 0 Å². The lowest BCUT2D eigenvalue weighted by atomic mass is 9.96. The molecule has 0 atom stereocenters. The lowest BCUT2D eigenvalue weighted by Gasteiger charge is -2.07. The van der Waals surface area contributed by atoms with E-state index >= 15 is 0 Å². The molecule has 0 fully saturated rings. The second-order valence-corrected chi connectivity index (χ2v) is 4.14. The second kappa shape index (κ2) is 4.42. The Kier molecular flexibility index (Phi) is 2.96. The Balaban J connectivity index is 2.48. The van der Waals surface area contributed by atoms with Crippen molar-refractivity contribution in [2.24, 2.45) is 0 Å². The molecule has 0 aliphatic rings. The highest BCUT2D eigenvalue weighted by Gasteiger charge is 2.13. The van der Waals surface area contributed by atoms with Gasteiger partial charge < -0.3 is 5.11 Å². The number of benzene rings is 2. The third-order valence-electron chi connectivity index (χ3n) is 2.84. The largest absolute Gasteiger partial charge is 0.508 e. The molecular formula is C15H14O2. The molecule has 0 saturated carbocycles. The molecule has 0 aromatic heterocycles. The Labute approximate surface area is 101 Å². The first kappa shape index (κ1) is 11.4. The first-order valence-corrected chi connectivity index (χ1v) is 5.49. The summed E-state index contributed by atoms with van der Waals surface area (Å²) < 4.78 is 0. The quantitative estimate of drug-likeness (QED) is 0.798. The van der Waals surface area contributed by atoms with Gasteiger partial charge in [-0.2, -0.15) is 0 Å². The van der Waals surface area contributed by atoms with Gasteiger partial charge in [0, 0.05) is 11.1 Å². The van der Waals surface area contributed by atoms with Gasteiger partial charge in [0.25, 0.3) is 0 Å². The number of aromatic hydroxyl groups is 1. The third-order valence-corrected chi connectivity index (χ3v) is 2.84. The molecule has 17 heavy (non-hydrogen) atoms. The molecule has 0 aliphatic heterocycles. The zero-order chi connectivity index (χ0) is 12.4. The van der Waals surface area contributed by atoms with Crippen LogP contribution in [-0.4, -0.2) is 10.9 Å². The van der Waals surface area contributed by atoms with Crippen LogP contribution in [0.1, 0.15) is 27.0 Å². The average molecular weight is 226 g/mol. The zero-order valence-corrected chi connectivity index (χ0v) is 9.90. The number of ketones is 1. The van der Waals surface area contributed by atoms with Gasteiger partial charge in [-0.05, 0) is 43.2 Å². The molecule has 2 aromatic carbocycles. The van der Waals surface area contributed by atoms with Crippen LogP contribution in [0.15, 0.2) is 42.5 Å². The van der Waals surface area contributed by atoms with Crippen LogP contribution in [0.5, 0.6) is 5.75 Å². The van der Waals surface area contributed by atoms with Crippen molar-refractivity contribution in [2.45, 2.75) is 13.8 Å². The van der Waals surface area contributed by atoms with Crippen molar-refractivity contribution >= 4 is 5.78 Å². The van der Waals surface area contributed by atoms with Gasteiger partial charge in [-0.1, -0.05) is 24.3 Å². The molecule has 2 nitrogen and oxygen atoms in total. The number of hydrogen-bond donors (Lipinski definition) is 1. The molecule has 86 valence electrons. The van der Waals surface area contributed by atoms with E-state index in [0.717, 1.165) is 11.1 Å². The van der Waals surface area contributed by atoms with Gasteiger partial charge in [-0.3, -0.25) is 4.79 Å². The summed E-state index contributed by atoms with van der Waals surface area (Å²) in [4.78, 5) is 12.3. The van der Waals surface area contributed by atoms with E-state index in [1.807, 2.05) is 38.1 Å². The number of aryl methyl sites for hydroxylation is 2. The van der Waals surface area contributed by atoms with Gasteiger partial charge in [0.2, 0.25) is 0 Å². The number of phenolic OH excluding ortho intramolecular Hbond substituents is 1. The fourth-order valence-electron chi connectivity index (χ4n) is 1.88. The van der Waals surface area contributed by atoms with Crippen LogP contribution in [0, 0.1) is 13.8 Å². The maximum Gasteiger partial charge on any atom is 0.193 e. The summed E-state index contributed by atoms with van der Waals surface area (Å²) in [6, 6.07) is 12.3. The van der Waals surface area contributed by atoms with Crippen molar-refractivity contribution in [1.29, 1.82) is 0 Å². The van der Waals surface area contributed by atoms with E-state index in [9.17, 15) is 9.90 Å². The van der Waals surface area contributed by atoms with Crippen molar-refractivity contribution in [3.8, 4) is 5.75 Å². The van der Waals surface area contributed by atoms with Gasteiger partial charge in [0.15, 0.2) is 5.78 Å². The van der Waals surface area contributed by atoms with Crippen molar-refractivity contribution in [2.75, 3.05) is 0 Å². The molecule has 0 bridgehead atoms. The van der Waals surface area contributed by atoms with E-state index in [2.05, 4.69) is 0 Å². The highest BCUT2D eigenvalue weighted by atomic mass is 16.3. The number of phenols is 1. The highest BCUT2D eigenvalue weighted by molar-refractivity contribution is 6.10. The average Bonchev–Trinajstić information content (AvgIpc) is 2.29. The predicted octanol–water partition coefficient (Wildman–Crippen LogP) is 3.24. The number of carbonyl (C=O) groups is 1. The van der Waals surface area contributed by atoms with Gasteiger partial charge in [0.1, 0.15) is 5.75 Å². The summed E-state index contributed by atoms with van der Waals surface area (Å²) in [6.07, 6.45) is 0. The molecule has 0 radical (unpaired) electrons. The van der Waals surface area contributed by atoms with Crippen LogP contribution in [0.3, 0.4) is 0 Å². The molecule has 0 spiro atoms. The Morgan fingerprint density at radius 3 is 2.24 bits per heavy atom. The smallest absolute Gasteiger partial charge is 0.193 e. The number of carbonyl (C=O) groups excluding carboxylic acids is 1. The Hall–Kier alpha value is -2.09. The standard InChI is InChI=1S/C15H14O2/c1-10-5-3-4-6-13(10)15(17)14-8-7-12(16)9-11(14)2/h3-9,16H,1-2H3. The van der Waals surface area contributed by atoms with Crippen molar-refractivity contribution in [3.05, 3.63) is 64.7 Å². The SMILES string of the molecule is Cc1ccccc1C(=O)c1ccc(O)cc1C. The van der Waals surface area contributed by atoms with Crippen LogP contribution in [0.25, 0.3) is 0 Å². The monoisotopic (exact) mass is 226 g/mol. The Bertz CT molecular complexity index is 571. The topological polar surface area (TPSA) is 37.3 Å². The minimum atomic E-state index is 0.000556. The van der Waals surface area contributed by atoms with Crippen molar-refractivity contribution in [1.82, 2.24) is 0 Å². The summed E-state index contributed by atoms with van der Waals surface area (Å²) in [5, 5.41) is 9.33. The second-order valence-electron chi connectivity index (χ2n) is 4.14. The molecule has 1 N–H and O–H groups in total. The van der Waals surface area contributed by atoms with E-state index in [1.54, 1.807) is 18.2 Å². The van der Waals surface area contributed by atoms with Crippen molar-refractivity contribution < 1.29 is 9.90 Å². The first-order valence-electron chi connectivity index (χ1n) is 5.49. The van der Waals surface area contributed by atoms with E-state index in [0.29, 0.717) is 11.1 Å². The lowest BCUT2D eigenvalue weighted by molar-refractivity contribution is 0.103. The summed E-state index contributed by atoms with van der Waals surface area (Å²) in [6.45, 7) is 3.74. The van der Waals surface area contributed by atoms with E-state index < -0.39 is 0 Å².